The monoisotopic (exact) mass is 634 g/mol. The molecule has 2 aromatic carbocycles. The molecule has 1 unspecified atom stereocenters. The number of benzene rings is 2. The molecule has 5 rings (SSSR count). The van der Waals surface area contributed by atoms with Crippen LogP contribution in [0, 0.1) is 24.7 Å². The summed E-state index contributed by atoms with van der Waals surface area (Å²) in [6.07, 6.45) is 1.88. The summed E-state index contributed by atoms with van der Waals surface area (Å²) in [5, 5.41) is 12.1. The fraction of sp³-hybridized carbons (Fsp3) is 0.429. The van der Waals surface area contributed by atoms with Crippen molar-refractivity contribution >= 4 is 41.4 Å². The van der Waals surface area contributed by atoms with Crippen molar-refractivity contribution in [3.63, 3.8) is 0 Å². The number of anilines is 1. The van der Waals surface area contributed by atoms with Crippen LogP contribution in [0.4, 0.5) is 10.5 Å². The number of aryl methyl sites for hydroxylation is 1. The number of amides is 2. The maximum Gasteiger partial charge on any atom is 0.410 e. The summed E-state index contributed by atoms with van der Waals surface area (Å²) in [4.78, 5) is 28.6. The topological polar surface area (TPSA) is 82.7 Å². The lowest BCUT2D eigenvalue weighted by Crippen LogP contribution is -2.57. The molecule has 2 fully saturated rings. The van der Waals surface area contributed by atoms with E-state index in [9.17, 15) is 9.59 Å². The van der Waals surface area contributed by atoms with E-state index in [1.165, 1.54) is 4.88 Å². The number of piperidine rings is 1. The molecule has 3 heterocycles. The Kier molecular flexibility index (Phi) is 11.0. The molecule has 0 spiro atoms. The smallest absolute Gasteiger partial charge is 0.410 e. The molecule has 2 amide bonds. The minimum absolute atomic E-state index is 0. The lowest BCUT2D eigenvalue weighted by atomic mass is 9.96. The van der Waals surface area contributed by atoms with Crippen LogP contribution < -0.4 is 16.0 Å². The molecule has 7 nitrogen and oxygen atoms in total. The molecule has 3 N–H and O–H groups in total. The Morgan fingerprint density at radius 3 is 2.52 bits per heavy atom. The van der Waals surface area contributed by atoms with Gasteiger partial charge in [-0.1, -0.05) is 30.0 Å². The molecule has 44 heavy (non-hydrogen) atoms. The average molecular weight is 635 g/mol. The van der Waals surface area contributed by atoms with E-state index in [1.807, 2.05) is 52.8 Å². The molecule has 1 aromatic heterocycles. The molecule has 2 saturated heterocycles. The van der Waals surface area contributed by atoms with Gasteiger partial charge in [-0.2, -0.15) is 0 Å². The number of nitrogens with one attached hydrogen (secondary N) is 3. The maximum absolute atomic E-state index is 13.5. The second kappa shape index (κ2) is 14.5. The number of hydrogen-bond acceptors (Lipinski definition) is 6. The first-order valence-corrected chi connectivity index (χ1v) is 16.0. The number of carbonyl (C=O) groups is 2. The fourth-order valence-electron chi connectivity index (χ4n) is 5.32. The van der Waals surface area contributed by atoms with Crippen molar-refractivity contribution in [3.8, 4) is 22.3 Å². The zero-order chi connectivity index (χ0) is 30.6. The molecular formula is C35H43ClN4O3S. The third-order valence-corrected chi connectivity index (χ3v) is 8.72. The minimum atomic E-state index is -0.514. The Hall–Kier alpha value is -3.51. The van der Waals surface area contributed by atoms with Gasteiger partial charge in [-0.05, 0) is 107 Å². The fourth-order valence-corrected chi connectivity index (χ4v) is 6.07. The van der Waals surface area contributed by atoms with E-state index in [0.717, 1.165) is 53.9 Å². The van der Waals surface area contributed by atoms with E-state index in [-0.39, 0.29) is 36.5 Å². The highest BCUT2D eigenvalue weighted by molar-refractivity contribution is 7.13. The van der Waals surface area contributed by atoms with Gasteiger partial charge < -0.3 is 25.6 Å². The van der Waals surface area contributed by atoms with Gasteiger partial charge in [0.15, 0.2) is 0 Å². The lowest BCUT2D eigenvalue weighted by molar-refractivity contribution is 0.0105. The van der Waals surface area contributed by atoms with Crippen LogP contribution in [0.3, 0.4) is 0 Å². The molecule has 1 atom stereocenters. The van der Waals surface area contributed by atoms with Gasteiger partial charge in [-0.15, -0.1) is 23.7 Å². The maximum atomic E-state index is 13.5. The second-order valence-electron chi connectivity index (χ2n) is 12.5. The predicted octanol–water partition coefficient (Wildman–Crippen LogP) is 7.02. The summed E-state index contributed by atoms with van der Waals surface area (Å²) in [7, 11) is 0. The summed E-state index contributed by atoms with van der Waals surface area (Å²) in [6.45, 7) is 12.7. The molecule has 0 aliphatic carbocycles. The SMILES string of the molecule is Cc1ccc(NC2CN(C(=O)OC(C)(C)C)C2)cc1C(=O)NC(C)c1ccc(C#CC2CCNCC2)c(-c2cccs2)c1.Cl. The van der Waals surface area contributed by atoms with Gasteiger partial charge >= 0.3 is 6.09 Å². The van der Waals surface area contributed by atoms with Gasteiger partial charge in [0.05, 0.1) is 12.1 Å². The molecule has 0 bridgehead atoms. The summed E-state index contributed by atoms with van der Waals surface area (Å²) in [5.74, 6) is 7.28. The van der Waals surface area contributed by atoms with E-state index in [0.29, 0.717) is 24.6 Å². The zero-order valence-corrected chi connectivity index (χ0v) is 27.8. The van der Waals surface area contributed by atoms with E-state index < -0.39 is 5.60 Å². The number of likely N-dealkylation sites (tertiary alicyclic amines) is 1. The van der Waals surface area contributed by atoms with E-state index in [1.54, 1.807) is 16.2 Å². The minimum Gasteiger partial charge on any atom is -0.444 e. The van der Waals surface area contributed by atoms with Crippen molar-refractivity contribution in [2.24, 2.45) is 5.92 Å². The molecule has 234 valence electrons. The molecule has 2 aliphatic heterocycles. The highest BCUT2D eigenvalue weighted by atomic mass is 35.5. The Bertz CT molecular complexity index is 1510. The van der Waals surface area contributed by atoms with Crippen LogP contribution in [-0.4, -0.2) is 54.7 Å². The molecule has 9 heteroatoms. The summed E-state index contributed by atoms with van der Waals surface area (Å²) < 4.78 is 5.45. The van der Waals surface area contributed by atoms with Crippen LogP contribution in [0.1, 0.15) is 73.6 Å². The van der Waals surface area contributed by atoms with Gasteiger partial charge in [-0.3, -0.25) is 4.79 Å². The Morgan fingerprint density at radius 1 is 1.09 bits per heavy atom. The van der Waals surface area contributed by atoms with Crippen molar-refractivity contribution in [1.29, 1.82) is 0 Å². The van der Waals surface area contributed by atoms with Crippen LogP contribution in [0.15, 0.2) is 53.9 Å². The number of nitrogens with zero attached hydrogens (tertiary/aromatic N) is 1. The Labute approximate surface area is 271 Å². The van der Waals surface area contributed by atoms with Crippen molar-refractivity contribution in [1.82, 2.24) is 15.5 Å². The number of rotatable bonds is 6. The summed E-state index contributed by atoms with van der Waals surface area (Å²) in [6, 6.07) is 16.3. The molecule has 0 radical (unpaired) electrons. The Morgan fingerprint density at radius 2 is 1.84 bits per heavy atom. The first-order valence-electron chi connectivity index (χ1n) is 15.1. The van der Waals surface area contributed by atoms with E-state index in [2.05, 4.69) is 63.5 Å². The standard InChI is InChI=1S/C35H42N4O3S.ClH/c1-23-8-13-28(38-29-21-39(22-29)34(41)42-35(3,4)5)20-30(23)33(40)37-24(2)27-12-11-26(10-9-25-14-16-36-17-15-25)31(19-27)32-7-6-18-43-32;/h6-8,11-13,18-20,24-25,29,36,38H,14-17,21-22H2,1-5H3,(H,37,40);1H. The van der Waals surface area contributed by atoms with Gasteiger partial charge in [0.1, 0.15) is 5.60 Å². The number of carbonyl (C=O) groups excluding carboxylic acids is 2. The quantitative estimate of drug-likeness (QED) is 0.254. The van der Waals surface area contributed by atoms with Crippen molar-refractivity contribution in [3.05, 3.63) is 76.2 Å². The van der Waals surface area contributed by atoms with E-state index >= 15 is 0 Å². The van der Waals surface area contributed by atoms with Crippen LogP contribution in [0.5, 0.6) is 0 Å². The predicted molar refractivity (Wildman–Crippen MR) is 182 cm³/mol. The normalized spacial score (nSPS) is 16.1. The van der Waals surface area contributed by atoms with Crippen molar-refractivity contribution in [2.75, 3.05) is 31.5 Å². The number of ether oxygens (including phenoxy) is 1. The van der Waals surface area contributed by atoms with Crippen LogP contribution in [0.2, 0.25) is 0 Å². The van der Waals surface area contributed by atoms with Crippen LogP contribution >= 0.6 is 23.7 Å². The van der Waals surface area contributed by atoms with Gasteiger partial charge in [0.25, 0.3) is 5.91 Å². The van der Waals surface area contributed by atoms with Crippen LogP contribution in [0.25, 0.3) is 10.4 Å². The van der Waals surface area contributed by atoms with E-state index in [4.69, 9.17) is 4.74 Å². The van der Waals surface area contributed by atoms with Crippen LogP contribution in [-0.2, 0) is 4.74 Å². The van der Waals surface area contributed by atoms with Gasteiger partial charge in [0.2, 0.25) is 0 Å². The number of halogens is 1. The third-order valence-electron chi connectivity index (χ3n) is 7.81. The Balaban J connectivity index is 0.00000442. The summed E-state index contributed by atoms with van der Waals surface area (Å²) >= 11 is 1.70. The number of hydrogen-bond donors (Lipinski definition) is 3. The first kappa shape index (κ1) is 33.4. The first-order chi connectivity index (χ1) is 20.6. The zero-order valence-electron chi connectivity index (χ0n) is 26.2. The van der Waals surface area contributed by atoms with Gasteiger partial charge in [-0.25, -0.2) is 4.79 Å². The highest BCUT2D eigenvalue weighted by Gasteiger charge is 2.33. The molecule has 0 saturated carbocycles. The lowest BCUT2D eigenvalue weighted by Gasteiger charge is -2.40. The molecular weight excluding hydrogens is 592 g/mol. The van der Waals surface area contributed by atoms with Crippen molar-refractivity contribution in [2.45, 2.75) is 65.1 Å². The van der Waals surface area contributed by atoms with Crippen molar-refractivity contribution < 1.29 is 14.3 Å². The largest absolute Gasteiger partial charge is 0.444 e. The highest BCUT2D eigenvalue weighted by Crippen LogP contribution is 2.31. The summed E-state index contributed by atoms with van der Waals surface area (Å²) in [5.41, 5.74) is 5.05. The second-order valence-corrected chi connectivity index (χ2v) is 13.5. The molecule has 3 aromatic rings. The number of thiophene rings is 1. The third kappa shape index (κ3) is 8.56. The molecule has 2 aliphatic rings. The average Bonchev–Trinajstić information content (AvgIpc) is 3.49. The van der Waals surface area contributed by atoms with Gasteiger partial charge in [0, 0.05) is 46.3 Å².